The van der Waals surface area contributed by atoms with E-state index >= 15 is 0 Å². The summed E-state index contributed by atoms with van der Waals surface area (Å²) in [6.07, 6.45) is 0. The molecule has 0 aliphatic rings. The molecule has 0 saturated carbocycles. The van der Waals surface area contributed by atoms with E-state index < -0.39 is 0 Å². The van der Waals surface area contributed by atoms with E-state index in [1.807, 2.05) is 6.07 Å². The third-order valence-corrected chi connectivity index (χ3v) is 27.6. The van der Waals surface area contributed by atoms with Gasteiger partial charge in [-0.05, 0) is 239 Å². The van der Waals surface area contributed by atoms with Crippen molar-refractivity contribution in [1.29, 1.82) is 0 Å². The minimum atomic E-state index is 0.855. The standard InChI is InChI=1S/C130H84N4O2/c1-2-26-85(27-3-1)86-52-54-87(55-53-86)88-56-69-97(70-57-88)131(99-73-60-90(61-74-99)105-31-8-16-44-121(105)133-123-46-18-10-34-109(123)110-35-11-19-47-124(110)133)102-79-66-93(67-80-102)120-83-94(68-81-108(120)116-41-25-43-118-114-39-15-23-51-128(114)136-130(116)118)96-82-95-28-4-5-30-104(95)119(84-96)92-64-77-101(78-65-92)132(98-71-58-89(59-72-98)103-29-6-7-33-107(103)115-40-24-42-117-113-38-14-22-50-127(113)135-129(115)117)100-75-62-91(63-76-100)106-32-9-17-45-122(106)134-125-48-20-12-36-111(125)112-37-13-21-49-126(112)134/h1-84H. The van der Waals surface area contributed by atoms with Crippen molar-refractivity contribution in [3.05, 3.63) is 510 Å². The van der Waals surface area contributed by atoms with Crippen LogP contribution in [0.25, 0.3) is 221 Å². The fourth-order valence-corrected chi connectivity index (χ4v) is 21.1. The first-order valence-corrected chi connectivity index (χ1v) is 46.6. The Labute approximate surface area is 786 Å². The highest BCUT2D eigenvalue weighted by Crippen LogP contribution is 2.50. The summed E-state index contributed by atoms with van der Waals surface area (Å²) < 4.78 is 18.5. The van der Waals surface area contributed by atoms with E-state index in [2.05, 4.69) is 522 Å². The van der Waals surface area contributed by atoms with Gasteiger partial charge in [0.2, 0.25) is 0 Å². The molecule has 0 radical (unpaired) electrons. The highest BCUT2D eigenvalue weighted by molar-refractivity contribution is 6.15. The molecule has 0 unspecified atom stereocenters. The molecule has 22 aromatic carbocycles. The van der Waals surface area contributed by atoms with E-state index in [0.717, 1.165) is 195 Å². The van der Waals surface area contributed by atoms with Crippen LogP contribution in [0.15, 0.2) is 518 Å². The van der Waals surface area contributed by atoms with E-state index in [1.54, 1.807) is 0 Å². The van der Waals surface area contributed by atoms with Gasteiger partial charge < -0.3 is 27.8 Å². The molecule has 0 amide bonds. The van der Waals surface area contributed by atoms with Crippen LogP contribution < -0.4 is 9.80 Å². The molecule has 4 heterocycles. The van der Waals surface area contributed by atoms with Crippen molar-refractivity contribution in [2.75, 3.05) is 9.80 Å². The monoisotopic (exact) mass is 1730 g/mol. The van der Waals surface area contributed by atoms with Gasteiger partial charge in [-0.25, -0.2) is 0 Å². The van der Waals surface area contributed by atoms with Crippen molar-refractivity contribution in [3.8, 4) is 123 Å². The Morgan fingerprint density at radius 2 is 0.426 bits per heavy atom. The third-order valence-electron chi connectivity index (χ3n) is 27.6. The second kappa shape index (κ2) is 33.1. The molecule has 136 heavy (non-hydrogen) atoms. The number of benzene rings is 22. The molecular weight excluding hydrogens is 1650 g/mol. The second-order valence-corrected chi connectivity index (χ2v) is 35.3. The maximum atomic E-state index is 6.94. The molecule has 636 valence electrons. The number of furan rings is 2. The molecule has 0 aliphatic carbocycles. The van der Waals surface area contributed by atoms with Crippen molar-refractivity contribution in [2.45, 2.75) is 0 Å². The second-order valence-electron chi connectivity index (χ2n) is 35.3. The number of nitrogens with zero attached hydrogens (tertiary/aromatic N) is 4. The van der Waals surface area contributed by atoms with Crippen LogP contribution >= 0.6 is 0 Å². The number of anilines is 6. The number of rotatable bonds is 18. The summed E-state index contributed by atoms with van der Waals surface area (Å²) >= 11 is 0. The smallest absolute Gasteiger partial charge is 0.143 e. The number of fused-ring (bicyclic) bond motifs is 13. The lowest BCUT2D eigenvalue weighted by Gasteiger charge is -2.26. The maximum Gasteiger partial charge on any atom is 0.143 e. The van der Waals surface area contributed by atoms with E-state index in [9.17, 15) is 0 Å². The van der Waals surface area contributed by atoms with Gasteiger partial charge in [-0.2, -0.15) is 0 Å². The van der Waals surface area contributed by atoms with Crippen LogP contribution in [0.3, 0.4) is 0 Å². The molecule has 0 spiro atoms. The summed E-state index contributed by atoms with van der Waals surface area (Å²) in [5.74, 6) is 0. The molecule has 26 aromatic rings. The topological polar surface area (TPSA) is 42.6 Å². The third kappa shape index (κ3) is 13.6. The van der Waals surface area contributed by atoms with Crippen LogP contribution in [-0.4, -0.2) is 9.13 Å². The van der Waals surface area contributed by atoms with Crippen molar-refractivity contribution < 1.29 is 8.83 Å². The van der Waals surface area contributed by atoms with E-state index in [4.69, 9.17) is 8.83 Å². The fraction of sp³-hybridized carbons (Fsp3) is 0. The molecule has 0 aliphatic heterocycles. The highest BCUT2D eigenvalue weighted by Gasteiger charge is 2.26. The number of hydrogen-bond donors (Lipinski definition) is 0. The van der Waals surface area contributed by atoms with Gasteiger partial charge in [0.1, 0.15) is 22.3 Å². The van der Waals surface area contributed by atoms with E-state index in [0.29, 0.717) is 0 Å². The maximum absolute atomic E-state index is 6.94. The van der Waals surface area contributed by atoms with Crippen LogP contribution in [0, 0.1) is 0 Å². The SMILES string of the molecule is c1ccc(-c2ccc(-c3ccc(N(c4ccc(-c5cc(-c6cc(-c7ccc(N(c8ccc(-c9ccccc9-c9cccc%10c9oc9ccccc9%10)cc8)c8ccc(-c9ccccc9-n9c%10ccccc%10c%10ccccc%109)cc8)cc7)c7ccccc7c6)ccc5-c5cccc6c5oc5ccccc56)cc4)c4ccc(-c5ccccc5-n5c6ccccc6c6ccccc65)cc4)cc3)cc2)cc1. The zero-order chi connectivity index (χ0) is 89.7. The number of aromatic nitrogens is 2. The molecule has 0 atom stereocenters. The van der Waals surface area contributed by atoms with E-state index in [-0.39, 0.29) is 0 Å². The van der Waals surface area contributed by atoms with Gasteiger partial charge in [-0.1, -0.05) is 370 Å². The van der Waals surface area contributed by atoms with Crippen LogP contribution in [0.2, 0.25) is 0 Å². The summed E-state index contributed by atoms with van der Waals surface area (Å²) in [6.45, 7) is 0. The summed E-state index contributed by atoms with van der Waals surface area (Å²) in [7, 11) is 0. The number of hydrogen-bond acceptors (Lipinski definition) is 4. The Kier molecular flexibility index (Phi) is 19.2. The van der Waals surface area contributed by atoms with Crippen LogP contribution in [0.4, 0.5) is 34.1 Å². The molecule has 0 saturated heterocycles. The molecule has 0 N–H and O–H groups in total. The molecular formula is C130H84N4O2. The Morgan fingerprint density at radius 3 is 0.860 bits per heavy atom. The predicted octanol–water partition coefficient (Wildman–Crippen LogP) is 36.4. The van der Waals surface area contributed by atoms with Crippen molar-refractivity contribution in [2.24, 2.45) is 0 Å². The van der Waals surface area contributed by atoms with Crippen LogP contribution in [0.5, 0.6) is 0 Å². The lowest BCUT2D eigenvalue weighted by atomic mass is 9.88. The highest BCUT2D eigenvalue weighted by atomic mass is 16.3. The molecule has 26 rings (SSSR count). The van der Waals surface area contributed by atoms with Gasteiger partial charge in [-0.15, -0.1) is 0 Å². The van der Waals surface area contributed by atoms with Crippen LogP contribution in [0.1, 0.15) is 0 Å². The molecule has 6 nitrogen and oxygen atoms in total. The summed E-state index contributed by atoms with van der Waals surface area (Å²) in [4.78, 5) is 4.78. The molecule has 4 aromatic heterocycles. The quantitative estimate of drug-likeness (QED) is 0.0859. The number of para-hydroxylation sites is 10. The van der Waals surface area contributed by atoms with Gasteiger partial charge >= 0.3 is 0 Å². The zero-order valence-corrected chi connectivity index (χ0v) is 74.1. The lowest BCUT2D eigenvalue weighted by molar-refractivity contribution is 0.669. The zero-order valence-electron chi connectivity index (χ0n) is 74.1. The minimum absolute atomic E-state index is 0.855. The average molecular weight is 1730 g/mol. The van der Waals surface area contributed by atoms with Gasteiger partial charge in [0.25, 0.3) is 0 Å². The van der Waals surface area contributed by atoms with Crippen molar-refractivity contribution in [3.63, 3.8) is 0 Å². The van der Waals surface area contributed by atoms with Gasteiger partial charge in [0.15, 0.2) is 0 Å². The summed E-state index contributed by atoms with van der Waals surface area (Å²) in [5, 5.41) is 11.6. The fourth-order valence-electron chi connectivity index (χ4n) is 21.1. The van der Waals surface area contributed by atoms with Gasteiger partial charge in [0.05, 0.1) is 33.4 Å². The first-order valence-electron chi connectivity index (χ1n) is 46.6. The average Bonchev–Trinajstić information content (AvgIpc) is 1.60. The summed E-state index contributed by atoms with van der Waals surface area (Å²) in [5.41, 5.74) is 38.9. The Morgan fingerprint density at radius 1 is 0.147 bits per heavy atom. The first kappa shape index (κ1) is 78.9. The molecule has 6 heteroatoms. The van der Waals surface area contributed by atoms with Crippen molar-refractivity contribution in [1.82, 2.24) is 9.13 Å². The van der Waals surface area contributed by atoms with Gasteiger partial charge in [0, 0.05) is 99.5 Å². The largest absolute Gasteiger partial charge is 0.455 e. The van der Waals surface area contributed by atoms with Crippen LogP contribution in [-0.2, 0) is 0 Å². The lowest BCUT2D eigenvalue weighted by Crippen LogP contribution is -2.10. The Hall–Kier alpha value is -18.1. The predicted molar refractivity (Wildman–Crippen MR) is 571 cm³/mol. The molecule has 0 bridgehead atoms. The summed E-state index contributed by atoms with van der Waals surface area (Å²) in [6, 6.07) is 186. The minimum Gasteiger partial charge on any atom is -0.455 e. The Bertz CT molecular complexity index is 9010. The van der Waals surface area contributed by atoms with E-state index in [1.165, 1.54) is 60.1 Å². The molecule has 0 fully saturated rings. The first-order chi connectivity index (χ1) is 67.4. The van der Waals surface area contributed by atoms with Crippen molar-refractivity contribution >= 4 is 132 Å². The van der Waals surface area contributed by atoms with Gasteiger partial charge in [-0.3, -0.25) is 0 Å². The Balaban J connectivity index is 0.579. The normalized spacial score (nSPS) is 11.7.